The van der Waals surface area contributed by atoms with Gasteiger partial charge in [-0.3, -0.25) is 4.79 Å². The highest BCUT2D eigenvalue weighted by molar-refractivity contribution is 5.93. The van der Waals surface area contributed by atoms with E-state index < -0.39 is 0 Å². The van der Waals surface area contributed by atoms with Gasteiger partial charge in [-0.15, -0.1) is 0 Å². The lowest BCUT2D eigenvalue weighted by Gasteiger charge is -2.37. The molecule has 1 heterocycles. The summed E-state index contributed by atoms with van der Waals surface area (Å²) in [5.74, 6) is 1.66. The third-order valence-corrected chi connectivity index (χ3v) is 4.65. The van der Waals surface area contributed by atoms with Gasteiger partial charge in [0.2, 0.25) is 11.8 Å². The van der Waals surface area contributed by atoms with Crippen molar-refractivity contribution in [3.05, 3.63) is 65.7 Å². The molecule has 142 valence electrons. The molecule has 5 nitrogen and oxygen atoms in total. The highest BCUT2D eigenvalue weighted by atomic mass is 16.5. The van der Waals surface area contributed by atoms with Crippen LogP contribution in [0.2, 0.25) is 0 Å². The van der Waals surface area contributed by atoms with Gasteiger partial charge in [-0.2, -0.15) is 0 Å². The van der Waals surface area contributed by atoms with Gasteiger partial charge in [-0.25, -0.2) is 4.99 Å². The molecule has 0 fully saturated rings. The number of methoxy groups -OCH3 is 1. The van der Waals surface area contributed by atoms with Gasteiger partial charge in [0.15, 0.2) is 0 Å². The van der Waals surface area contributed by atoms with Crippen molar-refractivity contribution in [3.8, 4) is 5.75 Å². The number of nitrogens with zero attached hydrogens (tertiary/aromatic N) is 2. The monoisotopic (exact) mass is 366 g/mol. The lowest BCUT2D eigenvalue weighted by molar-refractivity contribution is -0.133. The second kappa shape index (κ2) is 8.71. The SMILES string of the molecule is COc1ccc(CN2C(=O)CN=C(OCc3ccccc3)[C@@H]2C(C)C)cc1. The Morgan fingerprint density at radius 1 is 1.07 bits per heavy atom. The number of hydrogen-bond donors (Lipinski definition) is 0. The lowest BCUT2D eigenvalue weighted by Crippen LogP contribution is -2.52. The molecule has 1 amide bonds. The van der Waals surface area contributed by atoms with E-state index in [-0.39, 0.29) is 24.4 Å². The summed E-state index contributed by atoms with van der Waals surface area (Å²) in [7, 11) is 1.64. The smallest absolute Gasteiger partial charge is 0.245 e. The molecule has 27 heavy (non-hydrogen) atoms. The first kappa shape index (κ1) is 19.0. The van der Waals surface area contributed by atoms with Crippen molar-refractivity contribution in [1.82, 2.24) is 4.90 Å². The predicted molar refractivity (Wildman–Crippen MR) is 106 cm³/mol. The fourth-order valence-corrected chi connectivity index (χ4v) is 3.24. The number of amides is 1. The summed E-state index contributed by atoms with van der Waals surface area (Å²) in [5.41, 5.74) is 2.14. The van der Waals surface area contributed by atoms with E-state index in [9.17, 15) is 4.79 Å². The zero-order valence-electron chi connectivity index (χ0n) is 16.1. The van der Waals surface area contributed by atoms with Crippen molar-refractivity contribution < 1.29 is 14.3 Å². The topological polar surface area (TPSA) is 51.1 Å². The number of hydrogen-bond acceptors (Lipinski definition) is 4. The third kappa shape index (κ3) is 4.67. The Bertz CT molecular complexity index is 785. The number of carbonyl (C=O) groups excluding carboxylic acids is 1. The first-order chi connectivity index (χ1) is 13.1. The van der Waals surface area contributed by atoms with Crippen LogP contribution in [0.4, 0.5) is 0 Å². The highest BCUT2D eigenvalue weighted by Gasteiger charge is 2.35. The molecule has 5 heteroatoms. The quantitative estimate of drug-likeness (QED) is 0.784. The molecule has 2 aromatic carbocycles. The maximum Gasteiger partial charge on any atom is 0.245 e. The number of ether oxygens (including phenoxy) is 2. The van der Waals surface area contributed by atoms with Gasteiger partial charge in [-0.1, -0.05) is 56.3 Å². The average molecular weight is 366 g/mol. The Morgan fingerprint density at radius 2 is 1.78 bits per heavy atom. The summed E-state index contributed by atoms with van der Waals surface area (Å²) in [6.07, 6.45) is 0. The zero-order valence-corrected chi connectivity index (χ0v) is 16.1. The standard InChI is InChI=1S/C22H26N2O3/c1-16(2)21-22(27-15-18-7-5-4-6-8-18)23-13-20(25)24(21)14-17-9-11-19(26-3)12-10-17/h4-12,16,21H,13-15H2,1-3H3/t21-/m0/s1. The van der Waals surface area contributed by atoms with E-state index in [1.807, 2.05) is 59.5 Å². The van der Waals surface area contributed by atoms with Crippen LogP contribution < -0.4 is 4.74 Å². The van der Waals surface area contributed by atoms with Crippen LogP contribution in [0.5, 0.6) is 5.75 Å². The van der Waals surface area contributed by atoms with Crippen LogP contribution >= 0.6 is 0 Å². The zero-order chi connectivity index (χ0) is 19.2. The molecule has 0 aliphatic carbocycles. The van der Waals surface area contributed by atoms with Crippen molar-refractivity contribution >= 4 is 11.8 Å². The van der Waals surface area contributed by atoms with Gasteiger partial charge in [0.25, 0.3) is 0 Å². The Kier molecular flexibility index (Phi) is 6.12. The Hall–Kier alpha value is -2.82. The third-order valence-electron chi connectivity index (χ3n) is 4.65. The van der Waals surface area contributed by atoms with Gasteiger partial charge >= 0.3 is 0 Å². The Labute approximate surface area is 160 Å². The maximum atomic E-state index is 12.6. The van der Waals surface area contributed by atoms with Crippen LogP contribution in [0, 0.1) is 5.92 Å². The van der Waals surface area contributed by atoms with E-state index in [4.69, 9.17) is 9.47 Å². The number of aliphatic imine (C=N–C) groups is 1. The minimum absolute atomic E-state index is 0.0246. The Morgan fingerprint density at radius 3 is 2.41 bits per heavy atom. The molecule has 0 aromatic heterocycles. The van der Waals surface area contributed by atoms with Gasteiger partial charge in [0.1, 0.15) is 24.9 Å². The first-order valence-corrected chi connectivity index (χ1v) is 9.22. The molecular formula is C22H26N2O3. The summed E-state index contributed by atoms with van der Waals surface area (Å²) in [6, 6.07) is 17.6. The average Bonchev–Trinajstić information content (AvgIpc) is 2.69. The van der Waals surface area contributed by atoms with Crippen molar-refractivity contribution in [3.63, 3.8) is 0 Å². The van der Waals surface area contributed by atoms with E-state index in [0.717, 1.165) is 16.9 Å². The molecule has 2 aromatic rings. The van der Waals surface area contributed by atoms with E-state index >= 15 is 0 Å². The molecular weight excluding hydrogens is 340 g/mol. The fraction of sp³-hybridized carbons (Fsp3) is 0.364. The number of rotatable bonds is 6. The maximum absolute atomic E-state index is 12.6. The number of benzene rings is 2. The van der Waals surface area contributed by atoms with Crippen LogP contribution in [0.15, 0.2) is 59.6 Å². The molecule has 0 unspecified atom stereocenters. The number of carbonyl (C=O) groups is 1. The van der Waals surface area contributed by atoms with E-state index in [2.05, 4.69) is 18.8 Å². The summed E-state index contributed by atoms with van der Waals surface area (Å²) in [5, 5.41) is 0. The molecule has 0 saturated heterocycles. The molecule has 3 rings (SSSR count). The second-order valence-corrected chi connectivity index (χ2v) is 6.99. The van der Waals surface area contributed by atoms with Crippen molar-refractivity contribution in [2.45, 2.75) is 33.0 Å². The van der Waals surface area contributed by atoms with Gasteiger partial charge in [0, 0.05) is 6.54 Å². The largest absolute Gasteiger partial charge is 0.497 e. The minimum atomic E-state index is -0.169. The molecule has 1 aliphatic rings. The minimum Gasteiger partial charge on any atom is -0.497 e. The van der Waals surface area contributed by atoms with Crippen molar-refractivity contribution in [1.29, 1.82) is 0 Å². The van der Waals surface area contributed by atoms with E-state index in [1.165, 1.54) is 0 Å². The molecule has 1 atom stereocenters. The molecule has 1 aliphatic heterocycles. The van der Waals surface area contributed by atoms with Gasteiger partial charge in [0.05, 0.1) is 7.11 Å². The first-order valence-electron chi connectivity index (χ1n) is 9.22. The van der Waals surface area contributed by atoms with Crippen LogP contribution in [-0.2, 0) is 22.7 Å². The molecule has 0 radical (unpaired) electrons. The fourth-order valence-electron chi connectivity index (χ4n) is 3.24. The summed E-state index contributed by atoms with van der Waals surface area (Å²) in [4.78, 5) is 18.9. The van der Waals surface area contributed by atoms with Gasteiger partial charge in [-0.05, 0) is 29.2 Å². The summed E-state index contributed by atoms with van der Waals surface area (Å²) < 4.78 is 11.2. The molecule has 0 N–H and O–H groups in total. The van der Waals surface area contributed by atoms with Crippen LogP contribution in [-0.4, -0.2) is 36.4 Å². The Balaban J connectivity index is 1.75. The van der Waals surface area contributed by atoms with Crippen molar-refractivity contribution in [2.24, 2.45) is 10.9 Å². The summed E-state index contributed by atoms with van der Waals surface area (Å²) >= 11 is 0. The molecule has 0 spiro atoms. The highest BCUT2D eigenvalue weighted by Crippen LogP contribution is 2.22. The predicted octanol–water partition coefficient (Wildman–Crippen LogP) is 3.68. The van der Waals surface area contributed by atoms with Crippen LogP contribution in [0.1, 0.15) is 25.0 Å². The van der Waals surface area contributed by atoms with Crippen LogP contribution in [0.3, 0.4) is 0 Å². The molecule has 0 bridgehead atoms. The summed E-state index contributed by atoms with van der Waals surface area (Å²) in [6.45, 7) is 5.29. The van der Waals surface area contributed by atoms with E-state index in [0.29, 0.717) is 19.0 Å². The van der Waals surface area contributed by atoms with Gasteiger partial charge < -0.3 is 14.4 Å². The lowest BCUT2D eigenvalue weighted by atomic mass is 9.99. The normalized spacial score (nSPS) is 17.0. The molecule has 0 saturated carbocycles. The van der Waals surface area contributed by atoms with Crippen molar-refractivity contribution in [2.75, 3.05) is 13.7 Å². The second-order valence-electron chi connectivity index (χ2n) is 6.99. The van der Waals surface area contributed by atoms with E-state index in [1.54, 1.807) is 7.11 Å². The van der Waals surface area contributed by atoms with Crippen LogP contribution in [0.25, 0.3) is 0 Å².